The molecule has 2 amide bonds. The lowest BCUT2D eigenvalue weighted by Crippen LogP contribution is -2.26. The number of nitrogens with one attached hydrogen (secondary N) is 1. The first-order valence-electron chi connectivity index (χ1n) is 8.30. The lowest BCUT2D eigenvalue weighted by atomic mass is 9.89. The van der Waals surface area contributed by atoms with Gasteiger partial charge in [0.2, 0.25) is 5.91 Å². The average molecular weight is 367 g/mol. The molecule has 2 heterocycles. The van der Waals surface area contributed by atoms with Gasteiger partial charge in [-0.2, -0.15) is 4.99 Å². The summed E-state index contributed by atoms with van der Waals surface area (Å²) >= 11 is 3.10. The Balaban J connectivity index is 1.49. The molecule has 0 saturated heterocycles. The van der Waals surface area contributed by atoms with E-state index in [1.54, 1.807) is 11.8 Å². The topological polar surface area (TPSA) is 91.1 Å². The van der Waals surface area contributed by atoms with Gasteiger partial charge in [0.1, 0.15) is 5.92 Å². The summed E-state index contributed by atoms with van der Waals surface area (Å²) in [5.74, 6) is 0.333. The van der Waals surface area contributed by atoms with Crippen LogP contribution in [0.1, 0.15) is 38.5 Å². The number of aliphatic hydroxyl groups excluding tert-OH is 1. The monoisotopic (exact) mass is 367 g/mol. The minimum atomic E-state index is -0.209. The zero-order valence-corrected chi connectivity index (χ0v) is 15.0. The predicted octanol–water partition coefficient (Wildman–Crippen LogP) is 2.09. The van der Waals surface area contributed by atoms with Crippen LogP contribution in [0, 0.1) is 5.92 Å². The summed E-state index contributed by atoms with van der Waals surface area (Å²) in [5, 5.41) is 12.7. The van der Waals surface area contributed by atoms with E-state index < -0.39 is 0 Å². The van der Waals surface area contributed by atoms with Crippen molar-refractivity contribution in [1.82, 2.24) is 5.32 Å². The Morgan fingerprint density at radius 3 is 3.00 bits per heavy atom. The fourth-order valence-corrected chi connectivity index (χ4v) is 5.21. The molecule has 1 atom stereocenters. The molecular formula is C16H21N3O3S2. The first-order valence-corrected chi connectivity index (χ1v) is 10.1. The minimum Gasteiger partial charge on any atom is -0.395 e. The van der Waals surface area contributed by atoms with E-state index in [1.807, 2.05) is 0 Å². The van der Waals surface area contributed by atoms with Crippen LogP contribution in [0.25, 0.3) is 0 Å². The summed E-state index contributed by atoms with van der Waals surface area (Å²) in [6.07, 6.45) is 5.50. The van der Waals surface area contributed by atoms with Gasteiger partial charge in [0, 0.05) is 18.7 Å². The van der Waals surface area contributed by atoms with Crippen LogP contribution in [-0.4, -0.2) is 46.0 Å². The standard InChI is InChI=1S/C16H21N3O3S2/c20-8-7-17-12(21)6-3-9-23-16-18-14(22)13-10-4-1-2-5-11(10)24-15(13)19-16/h13,20H,1-9H2,(H,17,21). The quantitative estimate of drug-likeness (QED) is 0.702. The van der Waals surface area contributed by atoms with Gasteiger partial charge in [-0.15, -0.1) is 0 Å². The van der Waals surface area contributed by atoms with Crippen molar-refractivity contribution in [2.75, 3.05) is 18.9 Å². The summed E-state index contributed by atoms with van der Waals surface area (Å²) in [7, 11) is 0. The number of amidine groups is 1. The third-order valence-corrected chi connectivity index (χ3v) is 6.34. The highest BCUT2D eigenvalue weighted by Crippen LogP contribution is 2.47. The maximum Gasteiger partial charge on any atom is 0.262 e. The van der Waals surface area contributed by atoms with E-state index in [0.29, 0.717) is 23.8 Å². The smallest absolute Gasteiger partial charge is 0.262 e. The van der Waals surface area contributed by atoms with Crippen LogP contribution < -0.4 is 5.32 Å². The first-order chi connectivity index (χ1) is 11.7. The molecule has 0 bridgehead atoms. The Morgan fingerprint density at radius 1 is 1.33 bits per heavy atom. The number of carbonyl (C=O) groups excluding carboxylic acids is 2. The van der Waals surface area contributed by atoms with Gasteiger partial charge in [0.15, 0.2) is 5.17 Å². The number of rotatable bonds is 6. The van der Waals surface area contributed by atoms with Gasteiger partial charge in [0.25, 0.3) is 5.91 Å². The highest BCUT2D eigenvalue weighted by Gasteiger charge is 2.40. The predicted molar refractivity (Wildman–Crippen MR) is 98.2 cm³/mol. The second kappa shape index (κ2) is 8.31. The van der Waals surface area contributed by atoms with Crippen molar-refractivity contribution in [2.24, 2.45) is 15.9 Å². The van der Waals surface area contributed by atoms with Crippen LogP contribution in [-0.2, 0) is 9.59 Å². The SMILES string of the molecule is O=C(CCCSC1=NC(=O)C2C(=N1)SC1=C2CCCC1)NCCO. The second-order valence-corrected chi connectivity index (χ2v) is 8.08. The average Bonchev–Trinajstić information content (AvgIpc) is 2.95. The molecule has 3 aliphatic rings. The third kappa shape index (κ3) is 4.10. The van der Waals surface area contributed by atoms with Crippen molar-refractivity contribution in [2.45, 2.75) is 38.5 Å². The van der Waals surface area contributed by atoms with Gasteiger partial charge in [0.05, 0.1) is 11.7 Å². The van der Waals surface area contributed by atoms with Crippen LogP contribution in [0.15, 0.2) is 20.5 Å². The molecule has 2 aliphatic heterocycles. The number of thioether (sulfide) groups is 2. The Morgan fingerprint density at radius 2 is 2.17 bits per heavy atom. The normalized spacial score (nSPS) is 22.7. The van der Waals surface area contributed by atoms with E-state index >= 15 is 0 Å². The lowest BCUT2D eigenvalue weighted by molar-refractivity contribution is -0.121. The molecule has 24 heavy (non-hydrogen) atoms. The van der Waals surface area contributed by atoms with E-state index in [0.717, 1.165) is 24.3 Å². The molecule has 1 unspecified atom stereocenters. The van der Waals surface area contributed by atoms with Gasteiger partial charge in [-0.25, -0.2) is 4.99 Å². The van der Waals surface area contributed by atoms with Gasteiger partial charge >= 0.3 is 0 Å². The number of carbonyl (C=O) groups is 2. The maximum absolute atomic E-state index is 12.4. The number of hydrogen-bond donors (Lipinski definition) is 2. The molecule has 0 fully saturated rings. The highest BCUT2D eigenvalue weighted by molar-refractivity contribution is 8.18. The Bertz CT molecular complexity index is 628. The third-order valence-electron chi connectivity index (χ3n) is 4.15. The number of aliphatic hydroxyl groups is 1. The zero-order chi connectivity index (χ0) is 16.9. The van der Waals surface area contributed by atoms with Crippen LogP contribution in [0.2, 0.25) is 0 Å². The van der Waals surface area contributed by atoms with Crippen molar-refractivity contribution in [3.63, 3.8) is 0 Å². The minimum absolute atomic E-state index is 0.0479. The summed E-state index contributed by atoms with van der Waals surface area (Å²) in [6.45, 7) is 0.241. The van der Waals surface area contributed by atoms with Crippen molar-refractivity contribution in [3.8, 4) is 0 Å². The summed E-state index contributed by atoms with van der Waals surface area (Å²) in [6, 6.07) is 0. The number of hydrogen-bond acceptors (Lipinski definition) is 6. The lowest BCUT2D eigenvalue weighted by Gasteiger charge is -2.18. The fourth-order valence-electron chi connectivity index (χ4n) is 3.02. The number of fused-ring (bicyclic) bond motifs is 2. The van der Waals surface area contributed by atoms with Crippen molar-refractivity contribution in [1.29, 1.82) is 0 Å². The van der Waals surface area contributed by atoms with E-state index in [-0.39, 0.29) is 30.9 Å². The molecule has 0 aromatic carbocycles. The number of aliphatic imine (C=N–C) groups is 2. The largest absolute Gasteiger partial charge is 0.395 e. The molecule has 8 heteroatoms. The summed E-state index contributed by atoms with van der Waals surface area (Å²) < 4.78 is 0. The Kier molecular flexibility index (Phi) is 6.13. The van der Waals surface area contributed by atoms with Crippen molar-refractivity contribution >= 4 is 45.5 Å². The first kappa shape index (κ1) is 17.7. The van der Waals surface area contributed by atoms with E-state index in [4.69, 9.17) is 5.11 Å². The van der Waals surface area contributed by atoms with Crippen molar-refractivity contribution < 1.29 is 14.7 Å². The number of nitrogens with zero attached hydrogens (tertiary/aromatic N) is 2. The van der Waals surface area contributed by atoms with E-state index in [2.05, 4.69) is 15.3 Å². The van der Waals surface area contributed by atoms with Crippen LogP contribution in [0.5, 0.6) is 0 Å². The molecule has 0 aromatic heterocycles. The molecule has 130 valence electrons. The number of allylic oxidation sites excluding steroid dienone is 1. The summed E-state index contributed by atoms with van der Waals surface area (Å²) in [4.78, 5) is 33.9. The molecule has 0 spiro atoms. The van der Waals surface area contributed by atoms with E-state index in [1.165, 1.54) is 28.7 Å². The fraction of sp³-hybridized carbons (Fsp3) is 0.625. The van der Waals surface area contributed by atoms with Crippen LogP contribution >= 0.6 is 23.5 Å². The summed E-state index contributed by atoms with van der Waals surface area (Å²) in [5.41, 5.74) is 1.25. The molecular weight excluding hydrogens is 346 g/mol. The Hall–Kier alpha value is -1.12. The maximum atomic E-state index is 12.4. The molecule has 6 nitrogen and oxygen atoms in total. The molecule has 0 aromatic rings. The number of amides is 2. The molecule has 0 radical (unpaired) electrons. The molecule has 3 rings (SSSR count). The second-order valence-electron chi connectivity index (χ2n) is 5.90. The van der Waals surface area contributed by atoms with Gasteiger partial charge < -0.3 is 10.4 Å². The van der Waals surface area contributed by atoms with Gasteiger partial charge in [-0.1, -0.05) is 23.5 Å². The van der Waals surface area contributed by atoms with Crippen LogP contribution in [0.4, 0.5) is 0 Å². The molecule has 1 aliphatic carbocycles. The van der Waals surface area contributed by atoms with Gasteiger partial charge in [-0.05, 0) is 42.6 Å². The Labute approximate surface area is 149 Å². The van der Waals surface area contributed by atoms with Crippen LogP contribution in [0.3, 0.4) is 0 Å². The molecule has 0 saturated carbocycles. The molecule has 2 N–H and O–H groups in total. The van der Waals surface area contributed by atoms with E-state index in [9.17, 15) is 9.59 Å². The van der Waals surface area contributed by atoms with Gasteiger partial charge in [-0.3, -0.25) is 9.59 Å². The highest BCUT2D eigenvalue weighted by atomic mass is 32.2. The van der Waals surface area contributed by atoms with Crippen molar-refractivity contribution in [3.05, 3.63) is 10.5 Å². The zero-order valence-electron chi connectivity index (χ0n) is 13.4.